The normalized spacial score (nSPS) is 39.3. The quantitative estimate of drug-likeness (QED) is 0.580. The third-order valence-corrected chi connectivity index (χ3v) is 9.93. The molecule has 3 aliphatic carbocycles. The summed E-state index contributed by atoms with van der Waals surface area (Å²) >= 11 is 0. The van der Waals surface area contributed by atoms with Crippen molar-refractivity contribution in [1.82, 2.24) is 4.90 Å². The molecule has 34 heavy (non-hydrogen) atoms. The minimum Gasteiger partial charge on any atom is -0.338 e. The van der Waals surface area contributed by atoms with E-state index in [-0.39, 0.29) is 40.3 Å². The fourth-order valence-electron chi connectivity index (χ4n) is 8.23. The maximum atomic E-state index is 13.4. The first kappa shape index (κ1) is 23.4. The van der Waals surface area contributed by atoms with Crippen LogP contribution < -0.4 is 5.32 Å². The van der Waals surface area contributed by atoms with Crippen molar-refractivity contribution in [2.75, 3.05) is 12.4 Å². The summed E-state index contributed by atoms with van der Waals surface area (Å²) in [6, 6.07) is 5.41. The number of carbonyl (C=O) groups is 2. The number of amides is 2. The van der Waals surface area contributed by atoms with Gasteiger partial charge in [0.25, 0.3) is 0 Å². The van der Waals surface area contributed by atoms with Gasteiger partial charge in [-0.2, -0.15) is 13.2 Å². The number of halogens is 3. The van der Waals surface area contributed by atoms with Crippen molar-refractivity contribution in [3.8, 4) is 0 Å². The molecule has 2 unspecified atom stereocenters. The standard InChI is InChI=1S/C27H33F3N2O2/c1-25-14-12-18-16(8-11-22-26(18,2)15-13-23(33)32(22)3)17(25)9-10-20(25)24(34)31-21-7-5-4-6-19(21)27(28,29)30/h4-7,13,15-18,20,22H,8-12,14H2,1-3H3,(H,31,34)/t16-,17-,18+,20?,22?,25-,26+/m0/s1. The van der Waals surface area contributed by atoms with Crippen LogP contribution in [-0.2, 0) is 15.8 Å². The molecule has 4 aliphatic rings. The molecule has 1 heterocycles. The van der Waals surface area contributed by atoms with Crippen LogP contribution in [-0.4, -0.2) is 29.8 Å². The van der Waals surface area contributed by atoms with E-state index in [0.717, 1.165) is 38.2 Å². The Hall–Kier alpha value is -2.31. The highest BCUT2D eigenvalue weighted by atomic mass is 19.4. The van der Waals surface area contributed by atoms with Gasteiger partial charge in [-0.3, -0.25) is 9.59 Å². The smallest absolute Gasteiger partial charge is 0.338 e. The molecule has 0 saturated heterocycles. The Morgan fingerprint density at radius 1 is 1.06 bits per heavy atom. The van der Waals surface area contributed by atoms with E-state index in [9.17, 15) is 22.8 Å². The van der Waals surface area contributed by atoms with Crippen molar-refractivity contribution in [1.29, 1.82) is 0 Å². The van der Waals surface area contributed by atoms with Crippen molar-refractivity contribution in [2.24, 2.45) is 34.5 Å². The Balaban J connectivity index is 1.38. The zero-order valence-electron chi connectivity index (χ0n) is 20.0. The predicted octanol–water partition coefficient (Wildman–Crippen LogP) is 5.90. The molecule has 1 aliphatic heterocycles. The number of nitrogens with one attached hydrogen (secondary N) is 1. The SMILES string of the molecule is CN1C(=O)C=C[C@@]2(C)C1CC[C@@H]1[C@H]2CC[C@]2(C)C(C(=O)Nc3ccccc3C(F)(F)F)CC[C@@H]12. The molecule has 1 aromatic carbocycles. The summed E-state index contributed by atoms with van der Waals surface area (Å²) in [7, 11) is 1.90. The highest BCUT2D eigenvalue weighted by Gasteiger charge is 2.61. The molecular weight excluding hydrogens is 441 g/mol. The maximum absolute atomic E-state index is 13.4. The van der Waals surface area contributed by atoms with Crippen LogP contribution in [0.25, 0.3) is 0 Å². The van der Waals surface area contributed by atoms with Gasteiger partial charge in [-0.15, -0.1) is 0 Å². The monoisotopic (exact) mass is 474 g/mol. The molecule has 3 fully saturated rings. The summed E-state index contributed by atoms with van der Waals surface area (Å²) in [6.07, 6.45) is 4.80. The third kappa shape index (κ3) is 3.41. The summed E-state index contributed by atoms with van der Waals surface area (Å²) in [5.74, 6) is 0.766. The van der Waals surface area contributed by atoms with Gasteiger partial charge in [0.15, 0.2) is 0 Å². The lowest BCUT2D eigenvalue weighted by Gasteiger charge is -2.60. The molecular formula is C27H33F3N2O2. The second-order valence-corrected chi connectivity index (χ2v) is 11.3. The maximum Gasteiger partial charge on any atom is 0.418 e. The van der Waals surface area contributed by atoms with Crippen molar-refractivity contribution in [3.63, 3.8) is 0 Å². The van der Waals surface area contributed by atoms with Gasteiger partial charge >= 0.3 is 6.18 Å². The first-order valence-corrected chi connectivity index (χ1v) is 12.4. The highest BCUT2D eigenvalue weighted by molar-refractivity contribution is 5.94. The second-order valence-electron chi connectivity index (χ2n) is 11.3. The number of hydrogen-bond donors (Lipinski definition) is 1. The van der Waals surface area contributed by atoms with Crippen LogP contribution in [0.5, 0.6) is 0 Å². The lowest BCUT2D eigenvalue weighted by molar-refractivity contribution is -0.141. The number of carbonyl (C=O) groups excluding carboxylic acids is 2. The molecule has 184 valence electrons. The fraction of sp³-hybridized carbons (Fsp3) is 0.630. The third-order valence-electron chi connectivity index (χ3n) is 9.93. The highest BCUT2D eigenvalue weighted by Crippen LogP contribution is 2.65. The molecule has 0 spiro atoms. The van der Waals surface area contributed by atoms with Crippen LogP contribution in [0, 0.1) is 34.5 Å². The summed E-state index contributed by atoms with van der Waals surface area (Å²) in [4.78, 5) is 27.5. The predicted molar refractivity (Wildman–Crippen MR) is 124 cm³/mol. The molecule has 3 saturated carbocycles. The Bertz CT molecular complexity index is 1040. The molecule has 1 N–H and O–H groups in total. The summed E-state index contributed by atoms with van der Waals surface area (Å²) in [6.45, 7) is 4.46. The molecule has 7 atom stereocenters. The van der Waals surface area contributed by atoms with Gasteiger partial charge in [-0.1, -0.05) is 32.1 Å². The van der Waals surface area contributed by atoms with Crippen molar-refractivity contribution in [2.45, 2.75) is 64.6 Å². The van der Waals surface area contributed by atoms with Crippen molar-refractivity contribution in [3.05, 3.63) is 42.0 Å². The second kappa shape index (κ2) is 7.85. The van der Waals surface area contributed by atoms with Crippen LogP contribution in [0.3, 0.4) is 0 Å². The largest absolute Gasteiger partial charge is 0.418 e. The van der Waals surface area contributed by atoms with Crippen LogP contribution in [0.4, 0.5) is 18.9 Å². The van der Waals surface area contributed by atoms with Crippen molar-refractivity contribution >= 4 is 17.5 Å². The molecule has 7 heteroatoms. The molecule has 0 bridgehead atoms. The number of alkyl halides is 3. The van der Waals surface area contributed by atoms with E-state index in [1.54, 1.807) is 6.08 Å². The molecule has 0 radical (unpaired) electrons. The number of rotatable bonds is 2. The summed E-state index contributed by atoms with van der Waals surface area (Å²) < 4.78 is 40.3. The summed E-state index contributed by atoms with van der Waals surface area (Å²) in [5, 5.41) is 2.64. The number of likely N-dealkylation sites (N-methyl/N-ethyl adjacent to an activating group) is 1. The van der Waals surface area contributed by atoms with Crippen LogP contribution in [0.15, 0.2) is 36.4 Å². The number of fused-ring (bicyclic) bond motifs is 5. The van der Waals surface area contributed by atoms with Crippen molar-refractivity contribution < 1.29 is 22.8 Å². The van der Waals surface area contributed by atoms with E-state index in [1.807, 2.05) is 11.9 Å². The lowest BCUT2D eigenvalue weighted by atomic mass is 9.47. The van der Waals surface area contributed by atoms with E-state index in [1.165, 1.54) is 18.2 Å². The van der Waals surface area contributed by atoms with Gasteiger partial charge in [0, 0.05) is 24.4 Å². The van der Waals surface area contributed by atoms with Gasteiger partial charge in [0.1, 0.15) is 0 Å². The first-order valence-electron chi connectivity index (χ1n) is 12.4. The Labute approximate surface area is 199 Å². The van der Waals surface area contributed by atoms with Crippen LogP contribution in [0.2, 0.25) is 0 Å². The zero-order chi connectivity index (χ0) is 24.5. The Kier molecular flexibility index (Phi) is 5.41. The zero-order valence-corrected chi connectivity index (χ0v) is 20.0. The minimum atomic E-state index is -4.51. The first-order chi connectivity index (χ1) is 16.0. The number of hydrogen-bond acceptors (Lipinski definition) is 2. The average molecular weight is 475 g/mol. The molecule has 2 amide bonds. The number of nitrogens with zero attached hydrogens (tertiary/aromatic N) is 1. The summed E-state index contributed by atoms with van der Waals surface area (Å²) in [5.41, 5.74) is -1.25. The number of benzene rings is 1. The van der Waals surface area contributed by atoms with E-state index in [2.05, 4.69) is 25.2 Å². The van der Waals surface area contributed by atoms with Gasteiger partial charge in [-0.25, -0.2) is 0 Å². The fourth-order valence-corrected chi connectivity index (χ4v) is 8.23. The minimum absolute atomic E-state index is 0.0679. The molecule has 0 aromatic heterocycles. The molecule has 4 nitrogen and oxygen atoms in total. The molecule has 1 aromatic rings. The van der Waals surface area contributed by atoms with Crippen LogP contribution >= 0.6 is 0 Å². The van der Waals surface area contributed by atoms with Gasteiger partial charge in [-0.05, 0) is 79.9 Å². The molecule has 5 rings (SSSR count). The Morgan fingerprint density at radius 3 is 2.53 bits per heavy atom. The van der Waals surface area contributed by atoms with Crippen LogP contribution in [0.1, 0.15) is 57.9 Å². The van der Waals surface area contributed by atoms with E-state index >= 15 is 0 Å². The van der Waals surface area contributed by atoms with Gasteiger partial charge in [0.2, 0.25) is 11.8 Å². The number of para-hydroxylation sites is 1. The van der Waals surface area contributed by atoms with E-state index in [4.69, 9.17) is 0 Å². The van der Waals surface area contributed by atoms with E-state index in [0.29, 0.717) is 24.2 Å². The Morgan fingerprint density at radius 2 is 1.79 bits per heavy atom. The van der Waals surface area contributed by atoms with Gasteiger partial charge in [0.05, 0.1) is 11.3 Å². The average Bonchev–Trinajstić information content (AvgIpc) is 3.13. The van der Waals surface area contributed by atoms with E-state index < -0.39 is 11.7 Å². The van der Waals surface area contributed by atoms with Gasteiger partial charge < -0.3 is 10.2 Å². The topological polar surface area (TPSA) is 49.4 Å². The lowest BCUT2D eigenvalue weighted by Crippen LogP contribution is -2.59. The number of anilines is 1.